The van der Waals surface area contributed by atoms with Crippen LogP contribution in [0.3, 0.4) is 0 Å². The second-order valence-electron chi connectivity index (χ2n) is 8.63. The molecular weight excluding hydrogens is 398 g/mol. The molecule has 1 amide bonds. The summed E-state index contributed by atoms with van der Waals surface area (Å²) in [6, 6.07) is 0.0923. The molecule has 1 saturated heterocycles. The van der Waals surface area contributed by atoms with Gasteiger partial charge in [0.2, 0.25) is 0 Å². The molecule has 0 aliphatic carbocycles. The molecule has 31 heavy (non-hydrogen) atoms. The molecule has 1 aliphatic heterocycles. The predicted molar refractivity (Wildman–Crippen MR) is 121 cm³/mol. The van der Waals surface area contributed by atoms with E-state index in [4.69, 9.17) is 14.2 Å². The summed E-state index contributed by atoms with van der Waals surface area (Å²) < 4.78 is 20.5. The van der Waals surface area contributed by atoms with Gasteiger partial charge in [-0.3, -0.25) is 4.79 Å². The van der Waals surface area contributed by atoms with E-state index >= 15 is 0 Å². The summed E-state index contributed by atoms with van der Waals surface area (Å²) in [5.41, 5.74) is 0. The highest BCUT2D eigenvalue weighted by atomic mass is 16.7. The maximum Gasteiger partial charge on any atom is 0.407 e. The van der Waals surface area contributed by atoms with Gasteiger partial charge in [0.05, 0.1) is 6.61 Å². The Morgan fingerprint density at radius 2 is 1.55 bits per heavy atom. The Kier molecular flexibility index (Phi) is 17.3. The summed E-state index contributed by atoms with van der Waals surface area (Å²) in [6.07, 6.45) is 17.0. The molecule has 0 aromatic rings. The van der Waals surface area contributed by atoms with E-state index in [1.165, 1.54) is 77.0 Å². The number of amides is 1. The number of hydrogen-bond acceptors (Lipinski definition) is 6. The lowest BCUT2D eigenvalue weighted by molar-refractivity contribution is -0.144. The lowest BCUT2D eigenvalue weighted by Gasteiger charge is -2.15. The van der Waals surface area contributed by atoms with E-state index in [-0.39, 0.29) is 25.4 Å². The topological polar surface area (TPSA) is 83.1 Å². The van der Waals surface area contributed by atoms with E-state index in [0.29, 0.717) is 13.1 Å². The zero-order chi connectivity index (χ0) is 22.6. The summed E-state index contributed by atoms with van der Waals surface area (Å²) >= 11 is 0. The van der Waals surface area contributed by atoms with Crippen LogP contribution in [0.1, 0.15) is 104 Å². The van der Waals surface area contributed by atoms with Crippen molar-refractivity contribution in [2.45, 2.75) is 122 Å². The molecule has 0 saturated carbocycles. The molecule has 182 valence electrons. The van der Waals surface area contributed by atoms with Crippen LogP contribution in [0.2, 0.25) is 0 Å². The Bertz CT molecular complexity index is 448. The highest BCUT2D eigenvalue weighted by Crippen LogP contribution is 2.14. The van der Waals surface area contributed by atoms with E-state index in [1.54, 1.807) is 0 Å². The third-order valence-corrected chi connectivity index (χ3v) is 5.62. The van der Waals surface area contributed by atoms with Gasteiger partial charge in [0.25, 0.3) is 6.47 Å². The molecule has 1 N–H and O–H groups in total. The maximum absolute atomic E-state index is 11.9. The summed E-state index contributed by atoms with van der Waals surface area (Å²) in [6.45, 7) is 5.10. The number of carbonyl (C=O) groups is 2. The van der Waals surface area contributed by atoms with Crippen molar-refractivity contribution in [1.29, 1.82) is 0 Å². The lowest BCUT2D eigenvalue weighted by atomic mass is 10.0. The zero-order valence-corrected chi connectivity index (χ0v) is 19.8. The van der Waals surface area contributed by atoms with Gasteiger partial charge in [0, 0.05) is 6.04 Å². The number of carbonyl (C=O) groups excluding carboxylic acids is 2. The minimum atomic E-state index is -0.587. The molecule has 0 aromatic heterocycles. The fourth-order valence-electron chi connectivity index (χ4n) is 3.75. The summed E-state index contributed by atoms with van der Waals surface area (Å²) in [4.78, 5) is 22.1. The van der Waals surface area contributed by atoms with Crippen molar-refractivity contribution in [3.8, 4) is 0 Å². The summed E-state index contributed by atoms with van der Waals surface area (Å²) in [5.74, 6) is 0. The first-order valence-electron chi connectivity index (χ1n) is 12.4. The molecule has 0 spiro atoms. The first-order chi connectivity index (χ1) is 15.2. The highest BCUT2D eigenvalue weighted by molar-refractivity contribution is 5.67. The average Bonchev–Trinajstić information content (AvgIpc) is 3.22. The van der Waals surface area contributed by atoms with Crippen LogP contribution in [0.25, 0.3) is 0 Å². The van der Waals surface area contributed by atoms with E-state index < -0.39 is 12.4 Å². The van der Waals surface area contributed by atoms with Gasteiger partial charge in [0.1, 0.15) is 19.3 Å². The van der Waals surface area contributed by atoms with E-state index in [9.17, 15) is 9.59 Å². The largest absolute Gasteiger partial charge is 0.462 e. The van der Waals surface area contributed by atoms with Gasteiger partial charge in [-0.2, -0.15) is 0 Å². The summed E-state index contributed by atoms with van der Waals surface area (Å²) in [5, 5.41) is 2.86. The van der Waals surface area contributed by atoms with Crippen LogP contribution >= 0.6 is 0 Å². The Balaban J connectivity index is 1.87. The Hall–Kier alpha value is -1.34. The maximum atomic E-state index is 11.9. The standard InChI is InChI=1S/C24H45NO6/c1-3-4-5-6-7-8-9-10-11-12-13-14-15-16-21(2)25-24(27)30-18-22-17-29-23(31-22)19-28-20-26/h20-23H,3-19H2,1-2H3,(H,25,27). The normalized spacial score (nSPS) is 19.2. The minimum absolute atomic E-state index is 0.0440. The first-order valence-corrected chi connectivity index (χ1v) is 12.4. The third kappa shape index (κ3) is 16.0. The molecule has 3 unspecified atom stereocenters. The Morgan fingerprint density at radius 3 is 2.13 bits per heavy atom. The van der Waals surface area contributed by atoms with Crippen molar-refractivity contribution < 1.29 is 28.5 Å². The molecule has 7 heteroatoms. The molecule has 1 rings (SSSR count). The minimum Gasteiger partial charge on any atom is -0.462 e. The van der Waals surface area contributed by atoms with Gasteiger partial charge < -0.3 is 24.3 Å². The van der Waals surface area contributed by atoms with Crippen molar-refractivity contribution in [1.82, 2.24) is 5.32 Å². The van der Waals surface area contributed by atoms with Crippen molar-refractivity contribution in [2.75, 3.05) is 19.8 Å². The molecule has 1 fully saturated rings. The van der Waals surface area contributed by atoms with Crippen LogP contribution in [0.4, 0.5) is 4.79 Å². The van der Waals surface area contributed by atoms with Crippen molar-refractivity contribution in [2.24, 2.45) is 0 Å². The zero-order valence-electron chi connectivity index (χ0n) is 19.8. The van der Waals surface area contributed by atoms with E-state index in [1.807, 2.05) is 6.92 Å². The molecule has 0 aromatic carbocycles. The number of alkyl carbamates (subject to hydrolysis) is 1. The van der Waals surface area contributed by atoms with Crippen molar-refractivity contribution >= 4 is 12.6 Å². The molecule has 0 radical (unpaired) electrons. The number of rotatable bonds is 20. The number of hydrogen-bond donors (Lipinski definition) is 1. The quantitative estimate of drug-likeness (QED) is 0.198. The predicted octanol–water partition coefficient (Wildman–Crippen LogP) is 5.50. The SMILES string of the molecule is CCCCCCCCCCCCCCCC(C)NC(=O)OCC1COC(COC=O)O1. The van der Waals surface area contributed by atoms with Crippen LogP contribution in [0, 0.1) is 0 Å². The van der Waals surface area contributed by atoms with Gasteiger partial charge in [0.15, 0.2) is 6.29 Å². The van der Waals surface area contributed by atoms with Crippen LogP contribution in [-0.2, 0) is 23.7 Å². The van der Waals surface area contributed by atoms with Crippen molar-refractivity contribution in [3.63, 3.8) is 0 Å². The van der Waals surface area contributed by atoms with Crippen LogP contribution in [0.5, 0.6) is 0 Å². The second-order valence-corrected chi connectivity index (χ2v) is 8.63. The van der Waals surface area contributed by atoms with Gasteiger partial charge in [-0.1, -0.05) is 90.4 Å². The van der Waals surface area contributed by atoms with Crippen LogP contribution < -0.4 is 5.32 Å². The Morgan fingerprint density at radius 1 is 0.968 bits per heavy atom. The molecule has 1 heterocycles. The smallest absolute Gasteiger partial charge is 0.407 e. The number of ether oxygens (including phenoxy) is 4. The molecule has 0 bridgehead atoms. The van der Waals surface area contributed by atoms with Crippen LogP contribution in [0.15, 0.2) is 0 Å². The second kappa shape index (κ2) is 19.4. The number of nitrogens with one attached hydrogen (secondary N) is 1. The fraction of sp³-hybridized carbons (Fsp3) is 0.917. The van der Waals surface area contributed by atoms with E-state index in [0.717, 1.165) is 12.8 Å². The number of unbranched alkanes of at least 4 members (excludes halogenated alkanes) is 12. The van der Waals surface area contributed by atoms with Crippen molar-refractivity contribution in [3.05, 3.63) is 0 Å². The molecular formula is C24H45NO6. The van der Waals surface area contributed by atoms with Gasteiger partial charge >= 0.3 is 6.09 Å². The lowest BCUT2D eigenvalue weighted by Crippen LogP contribution is -2.35. The molecule has 7 nitrogen and oxygen atoms in total. The van der Waals surface area contributed by atoms with Gasteiger partial charge in [-0.05, 0) is 13.3 Å². The van der Waals surface area contributed by atoms with Gasteiger partial charge in [-0.15, -0.1) is 0 Å². The van der Waals surface area contributed by atoms with Crippen LogP contribution in [-0.4, -0.2) is 50.8 Å². The fourth-order valence-corrected chi connectivity index (χ4v) is 3.75. The molecule has 1 aliphatic rings. The average molecular weight is 444 g/mol. The molecule has 3 atom stereocenters. The first kappa shape index (κ1) is 27.7. The Labute approximate surface area is 188 Å². The highest BCUT2D eigenvalue weighted by Gasteiger charge is 2.27. The monoisotopic (exact) mass is 443 g/mol. The summed E-state index contributed by atoms with van der Waals surface area (Å²) in [7, 11) is 0. The van der Waals surface area contributed by atoms with E-state index in [2.05, 4.69) is 17.0 Å². The third-order valence-electron chi connectivity index (χ3n) is 5.62. The van der Waals surface area contributed by atoms with Gasteiger partial charge in [-0.25, -0.2) is 4.79 Å².